The molecule has 2 atom stereocenters. The fraction of sp³-hybridized carbons (Fsp3) is 0.318. The first-order chi connectivity index (χ1) is 14.3. The van der Waals surface area contributed by atoms with E-state index in [4.69, 9.17) is 9.47 Å². The van der Waals surface area contributed by atoms with Crippen LogP contribution >= 0.6 is 0 Å². The van der Waals surface area contributed by atoms with Gasteiger partial charge >= 0.3 is 5.97 Å². The number of carbonyl (C=O) groups is 1. The Morgan fingerprint density at radius 1 is 1.13 bits per heavy atom. The Morgan fingerprint density at radius 2 is 1.77 bits per heavy atom. The maximum atomic E-state index is 12.8. The third kappa shape index (κ3) is 6.69. The lowest BCUT2D eigenvalue weighted by Gasteiger charge is -2.24. The van der Waals surface area contributed by atoms with Gasteiger partial charge in [0, 0.05) is 12.6 Å². The predicted molar refractivity (Wildman–Crippen MR) is 116 cm³/mol. The van der Waals surface area contributed by atoms with Crippen LogP contribution in [0.3, 0.4) is 0 Å². The van der Waals surface area contributed by atoms with Gasteiger partial charge in [-0.2, -0.15) is 4.72 Å². The van der Waals surface area contributed by atoms with Crippen molar-refractivity contribution in [3.8, 4) is 5.75 Å². The largest absolute Gasteiger partial charge is 0.497 e. The second-order valence-corrected chi connectivity index (χ2v) is 8.56. The van der Waals surface area contributed by atoms with Crippen molar-refractivity contribution < 1.29 is 22.7 Å². The molecular formula is C22H28N2O5S. The number of hydrogen-bond donors (Lipinski definition) is 2. The molecule has 0 aromatic heterocycles. The van der Waals surface area contributed by atoms with Gasteiger partial charge in [0.05, 0.1) is 12.0 Å². The number of carbonyl (C=O) groups excluding carboxylic acids is 1. The molecule has 0 unspecified atom stereocenters. The highest BCUT2D eigenvalue weighted by Crippen LogP contribution is 2.14. The summed E-state index contributed by atoms with van der Waals surface area (Å²) in [6, 6.07) is 12.2. The van der Waals surface area contributed by atoms with Gasteiger partial charge in [0.1, 0.15) is 18.4 Å². The van der Waals surface area contributed by atoms with Crippen LogP contribution in [0.15, 0.2) is 66.1 Å². The zero-order chi connectivity index (χ0) is 22.1. The van der Waals surface area contributed by atoms with Crippen molar-refractivity contribution in [2.75, 3.05) is 13.7 Å². The number of methoxy groups -OCH3 is 1. The van der Waals surface area contributed by atoms with Crippen LogP contribution in [0.1, 0.15) is 18.1 Å². The van der Waals surface area contributed by atoms with E-state index in [2.05, 4.69) is 16.6 Å². The highest BCUT2D eigenvalue weighted by atomic mass is 32.2. The highest BCUT2D eigenvalue weighted by Gasteiger charge is 2.31. The van der Waals surface area contributed by atoms with Crippen LogP contribution in [0, 0.1) is 6.92 Å². The van der Waals surface area contributed by atoms with E-state index in [0.717, 1.165) is 16.9 Å². The van der Waals surface area contributed by atoms with Crippen molar-refractivity contribution in [1.29, 1.82) is 0 Å². The molecule has 0 amide bonds. The summed E-state index contributed by atoms with van der Waals surface area (Å²) >= 11 is 0. The molecule has 0 aliphatic carbocycles. The molecule has 162 valence electrons. The first-order valence-electron chi connectivity index (χ1n) is 9.49. The van der Waals surface area contributed by atoms with E-state index in [9.17, 15) is 13.2 Å². The fourth-order valence-electron chi connectivity index (χ4n) is 2.68. The van der Waals surface area contributed by atoms with E-state index in [1.165, 1.54) is 18.2 Å². The van der Waals surface area contributed by atoms with Crippen LogP contribution < -0.4 is 14.8 Å². The Bertz CT molecular complexity index is 940. The van der Waals surface area contributed by atoms with Gasteiger partial charge < -0.3 is 14.8 Å². The summed E-state index contributed by atoms with van der Waals surface area (Å²) in [7, 11) is -2.32. The number of ether oxygens (including phenoxy) is 2. The first kappa shape index (κ1) is 23.6. The van der Waals surface area contributed by atoms with E-state index in [1.807, 2.05) is 31.2 Å². The van der Waals surface area contributed by atoms with Gasteiger partial charge in [-0.25, -0.2) is 8.42 Å². The minimum absolute atomic E-state index is 0.00715. The summed E-state index contributed by atoms with van der Waals surface area (Å²) in [6.45, 7) is 7.53. The lowest BCUT2D eigenvalue weighted by Crippen LogP contribution is -2.53. The van der Waals surface area contributed by atoms with Crippen LogP contribution in [-0.2, 0) is 26.1 Å². The summed E-state index contributed by atoms with van der Waals surface area (Å²) < 4.78 is 38.3. The summed E-state index contributed by atoms with van der Waals surface area (Å²) in [5.41, 5.74) is 1.90. The van der Waals surface area contributed by atoms with Crippen molar-refractivity contribution in [2.24, 2.45) is 0 Å². The first-order valence-corrected chi connectivity index (χ1v) is 11.0. The number of rotatable bonds is 11. The van der Waals surface area contributed by atoms with E-state index in [1.54, 1.807) is 26.2 Å². The van der Waals surface area contributed by atoms with Gasteiger partial charge in [-0.3, -0.25) is 4.79 Å². The SMILES string of the molecule is C=CCOC(=O)[C@@H](NS(=O)(=O)c1ccc(C)cc1)[C@@H](C)NCc1ccc(OC)cc1. The molecule has 2 aromatic rings. The Balaban J connectivity index is 2.15. The molecule has 2 aromatic carbocycles. The Kier molecular flexibility index (Phi) is 8.58. The standard InChI is InChI=1S/C22H28N2O5S/c1-5-14-29-22(25)21(24-30(26,27)20-12-6-16(2)7-13-20)17(3)23-15-18-8-10-19(28-4)11-9-18/h5-13,17,21,23-24H,1,14-15H2,2-4H3/t17-,21+/m1/s1. The van der Waals surface area contributed by atoms with Crippen LogP contribution in [0.5, 0.6) is 5.75 Å². The third-order valence-electron chi connectivity index (χ3n) is 4.50. The Hall–Kier alpha value is -2.68. The van der Waals surface area contributed by atoms with Crippen LogP contribution in [0.25, 0.3) is 0 Å². The van der Waals surface area contributed by atoms with Crippen molar-refractivity contribution in [2.45, 2.75) is 37.4 Å². The maximum Gasteiger partial charge on any atom is 0.326 e. The molecule has 0 bridgehead atoms. The van der Waals surface area contributed by atoms with E-state index in [-0.39, 0.29) is 11.5 Å². The van der Waals surface area contributed by atoms with Gasteiger partial charge in [0.15, 0.2) is 0 Å². The molecule has 0 aliphatic rings. The topological polar surface area (TPSA) is 93.7 Å². The van der Waals surface area contributed by atoms with Crippen LogP contribution in [0.4, 0.5) is 0 Å². The molecular weight excluding hydrogens is 404 g/mol. The van der Waals surface area contributed by atoms with E-state index >= 15 is 0 Å². The highest BCUT2D eigenvalue weighted by molar-refractivity contribution is 7.89. The zero-order valence-corrected chi connectivity index (χ0v) is 18.2. The second-order valence-electron chi connectivity index (χ2n) is 6.85. The average molecular weight is 433 g/mol. The van der Waals surface area contributed by atoms with Gasteiger partial charge in [0.2, 0.25) is 10.0 Å². The molecule has 7 nitrogen and oxygen atoms in total. The van der Waals surface area contributed by atoms with Gasteiger partial charge in [0.25, 0.3) is 0 Å². The van der Waals surface area contributed by atoms with Gasteiger partial charge in [-0.05, 0) is 43.7 Å². The molecule has 8 heteroatoms. The maximum absolute atomic E-state index is 12.8. The third-order valence-corrected chi connectivity index (χ3v) is 5.95. The minimum Gasteiger partial charge on any atom is -0.497 e. The lowest BCUT2D eigenvalue weighted by molar-refractivity contribution is -0.145. The van der Waals surface area contributed by atoms with Crippen LogP contribution in [-0.4, -0.2) is 40.2 Å². The van der Waals surface area contributed by atoms with Crippen molar-refractivity contribution in [3.63, 3.8) is 0 Å². The lowest BCUT2D eigenvalue weighted by atomic mass is 10.1. The van der Waals surface area contributed by atoms with Crippen LogP contribution in [0.2, 0.25) is 0 Å². The van der Waals surface area contributed by atoms with Gasteiger partial charge in [-0.1, -0.05) is 42.5 Å². The number of aryl methyl sites for hydroxylation is 1. The number of sulfonamides is 1. The summed E-state index contributed by atoms with van der Waals surface area (Å²) in [5.74, 6) is 0.0591. The van der Waals surface area contributed by atoms with Crippen molar-refractivity contribution in [1.82, 2.24) is 10.0 Å². The number of hydrogen-bond acceptors (Lipinski definition) is 6. The number of benzene rings is 2. The normalized spacial score (nSPS) is 13.3. The molecule has 2 rings (SSSR count). The minimum atomic E-state index is -3.92. The summed E-state index contributed by atoms with van der Waals surface area (Å²) in [4.78, 5) is 12.6. The van der Waals surface area contributed by atoms with E-state index in [0.29, 0.717) is 6.54 Å². The monoisotopic (exact) mass is 432 g/mol. The van der Waals surface area contributed by atoms with Gasteiger partial charge in [-0.15, -0.1) is 0 Å². The number of esters is 1. The average Bonchev–Trinajstić information content (AvgIpc) is 2.74. The fourth-order valence-corrected chi connectivity index (χ4v) is 3.94. The molecule has 0 aliphatic heterocycles. The summed E-state index contributed by atoms with van der Waals surface area (Å²) in [5, 5.41) is 3.18. The predicted octanol–water partition coefficient (Wildman–Crippen LogP) is 2.56. The van der Waals surface area contributed by atoms with Crippen molar-refractivity contribution in [3.05, 3.63) is 72.3 Å². The quantitative estimate of drug-likeness (QED) is 0.419. The Morgan fingerprint density at radius 3 is 2.33 bits per heavy atom. The molecule has 0 spiro atoms. The molecule has 0 radical (unpaired) electrons. The van der Waals surface area contributed by atoms with E-state index < -0.39 is 28.1 Å². The molecule has 30 heavy (non-hydrogen) atoms. The molecule has 0 saturated carbocycles. The number of nitrogens with one attached hydrogen (secondary N) is 2. The zero-order valence-electron chi connectivity index (χ0n) is 17.4. The smallest absolute Gasteiger partial charge is 0.326 e. The molecule has 0 saturated heterocycles. The molecule has 0 heterocycles. The molecule has 2 N–H and O–H groups in total. The van der Waals surface area contributed by atoms with Crippen molar-refractivity contribution >= 4 is 16.0 Å². The Labute approximate surface area is 178 Å². The summed E-state index contributed by atoms with van der Waals surface area (Å²) in [6.07, 6.45) is 1.43. The molecule has 0 fully saturated rings. The second kappa shape index (κ2) is 10.9.